The van der Waals surface area contributed by atoms with E-state index in [0.29, 0.717) is 5.41 Å². The summed E-state index contributed by atoms with van der Waals surface area (Å²) in [5.41, 5.74) is 5.53. The van der Waals surface area contributed by atoms with Crippen molar-refractivity contribution in [2.45, 2.75) is 58.9 Å². The van der Waals surface area contributed by atoms with Gasteiger partial charge in [0.25, 0.3) is 0 Å². The molecule has 0 heterocycles. The van der Waals surface area contributed by atoms with Gasteiger partial charge >= 0.3 is 0 Å². The second-order valence-corrected chi connectivity index (χ2v) is 7.17. The quantitative estimate of drug-likeness (QED) is 0.770. The SMILES string of the molecule is CC(C)(N)C(C)(C)C(=O)NCC1(C2CC2)CC1. The summed E-state index contributed by atoms with van der Waals surface area (Å²) >= 11 is 0. The summed E-state index contributed by atoms with van der Waals surface area (Å²) in [5, 5.41) is 3.13. The maximum Gasteiger partial charge on any atom is 0.227 e. The lowest BCUT2D eigenvalue weighted by molar-refractivity contribution is -0.132. The molecule has 17 heavy (non-hydrogen) atoms. The molecule has 2 rings (SSSR count). The average Bonchev–Trinajstić information content (AvgIpc) is 3.02. The minimum Gasteiger partial charge on any atom is -0.355 e. The normalized spacial score (nSPS) is 23.4. The molecule has 98 valence electrons. The second-order valence-electron chi connectivity index (χ2n) is 7.17. The zero-order chi connectivity index (χ0) is 12.9. The van der Waals surface area contributed by atoms with E-state index in [9.17, 15) is 4.79 Å². The van der Waals surface area contributed by atoms with Crippen LogP contribution in [0, 0.1) is 16.7 Å². The summed E-state index contributed by atoms with van der Waals surface area (Å²) in [6, 6.07) is 0. The summed E-state index contributed by atoms with van der Waals surface area (Å²) in [7, 11) is 0. The Kier molecular flexibility index (Phi) is 2.81. The van der Waals surface area contributed by atoms with Gasteiger partial charge in [0.1, 0.15) is 0 Å². The monoisotopic (exact) mass is 238 g/mol. The Morgan fingerprint density at radius 2 is 1.82 bits per heavy atom. The van der Waals surface area contributed by atoms with E-state index in [-0.39, 0.29) is 5.91 Å². The van der Waals surface area contributed by atoms with Crippen LogP contribution < -0.4 is 11.1 Å². The van der Waals surface area contributed by atoms with Crippen LogP contribution >= 0.6 is 0 Å². The topological polar surface area (TPSA) is 55.1 Å². The number of nitrogens with two attached hydrogens (primary N) is 1. The number of rotatable bonds is 5. The predicted molar refractivity (Wildman–Crippen MR) is 69.4 cm³/mol. The molecule has 3 nitrogen and oxygen atoms in total. The standard InChI is InChI=1S/C14H26N2O/c1-12(2,13(3,4)15)11(17)16-9-14(7-8-14)10-5-6-10/h10H,5-9,15H2,1-4H3,(H,16,17). The van der Waals surface area contributed by atoms with Gasteiger partial charge in [-0.1, -0.05) is 0 Å². The molecule has 3 N–H and O–H groups in total. The van der Waals surface area contributed by atoms with Gasteiger partial charge in [-0.05, 0) is 64.7 Å². The molecule has 0 aromatic carbocycles. The lowest BCUT2D eigenvalue weighted by atomic mass is 9.74. The zero-order valence-corrected chi connectivity index (χ0v) is 11.6. The van der Waals surface area contributed by atoms with Gasteiger partial charge in [0.05, 0.1) is 5.41 Å². The first-order valence-electron chi connectivity index (χ1n) is 6.76. The lowest BCUT2D eigenvalue weighted by Crippen LogP contribution is -2.56. The van der Waals surface area contributed by atoms with Crippen molar-refractivity contribution in [2.75, 3.05) is 6.54 Å². The molecule has 0 radical (unpaired) electrons. The molecule has 3 heteroatoms. The molecule has 2 aliphatic carbocycles. The molecule has 0 aliphatic heterocycles. The van der Waals surface area contributed by atoms with Gasteiger partial charge in [0, 0.05) is 12.1 Å². The number of amides is 1. The van der Waals surface area contributed by atoms with Gasteiger partial charge in [-0.25, -0.2) is 0 Å². The Balaban J connectivity index is 1.89. The summed E-state index contributed by atoms with van der Waals surface area (Å²) in [5.74, 6) is 0.980. The third kappa shape index (κ3) is 2.35. The van der Waals surface area contributed by atoms with E-state index in [1.54, 1.807) is 0 Å². The van der Waals surface area contributed by atoms with Crippen molar-refractivity contribution in [3.8, 4) is 0 Å². The molecular formula is C14H26N2O. The fourth-order valence-electron chi connectivity index (χ4n) is 2.36. The summed E-state index contributed by atoms with van der Waals surface area (Å²) in [6.07, 6.45) is 5.32. The van der Waals surface area contributed by atoms with Crippen LogP contribution in [0.3, 0.4) is 0 Å². The number of hydrogen-bond acceptors (Lipinski definition) is 2. The van der Waals surface area contributed by atoms with Crippen LogP contribution in [0.25, 0.3) is 0 Å². The van der Waals surface area contributed by atoms with E-state index in [0.717, 1.165) is 12.5 Å². The Labute approximate surface area is 105 Å². The molecule has 0 spiro atoms. The molecule has 0 bridgehead atoms. The highest BCUT2D eigenvalue weighted by molar-refractivity contribution is 5.83. The number of hydrogen-bond donors (Lipinski definition) is 2. The van der Waals surface area contributed by atoms with Crippen LogP contribution in [0.15, 0.2) is 0 Å². The van der Waals surface area contributed by atoms with Crippen molar-refractivity contribution in [2.24, 2.45) is 22.5 Å². The molecule has 1 amide bonds. The van der Waals surface area contributed by atoms with Crippen LogP contribution in [0.1, 0.15) is 53.4 Å². The molecule has 2 fully saturated rings. The number of nitrogens with one attached hydrogen (secondary N) is 1. The molecule has 2 aliphatic rings. The van der Waals surface area contributed by atoms with Crippen molar-refractivity contribution in [3.05, 3.63) is 0 Å². The molecular weight excluding hydrogens is 212 g/mol. The van der Waals surface area contributed by atoms with Crippen LogP contribution in [0.4, 0.5) is 0 Å². The van der Waals surface area contributed by atoms with Crippen LogP contribution in [-0.2, 0) is 4.79 Å². The molecule has 0 unspecified atom stereocenters. The number of carbonyl (C=O) groups excluding carboxylic acids is 1. The van der Waals surface area contributed by atoms with Crippen molar-refractivity contribution in [1.82, 2.24) is 5.32 Å². The number of carbonyl (C=O) groups is 1. The third-order valence-corrected chi connectivity index (χ3v) is 5.12. The van der Waals surface area contributed by atoms with E-state index in [4.69, 9.17) is 5.73 Å². The highest BCUT2D eigenvalue weighted by Gasteiger charge is 2.54. The smallest absolute Gasteiger partial charge is 0.227 e. The predicted octanol–water partition coefficient (Wildman–Crippen LogP) is 2.06. The van der Waals surface area contributed by atoms with E-state index in [1.165, 1.54) is 25.7 Å². The van der Waals surface area contributed by atoms with Gasteiger partial charge in [0.15, 0.2) is 0 Å². The van der Waals surface area contributed by atoms with E-state index < -0.39 is 11.0 Å². The van der Waals surface area contributed by atoms with E-state index in [2.05, 4.69) is 5.32 Å². The molecule has 0 aromatic rings. The van der Waals surface area contributed by atoms with Crippen molar-refractivity contribution in [3.63, 3.8) is 0 Å². The third-order valence-electron chi connectivity index (χ3n) is 5.12. The van der Waals surface area contributed by atoms with Gasteiger partial charge in [-0.2, -0.15) is 0 Å². The maximum atomic E-state index is 12.2. The Bertz CT molecular complexity index is 320. The van der Waals surface area contributed by atoms with Crippen LogP contribution in [0.2, 0.25) is 0 Å². The van der Waals surface area contributed by atoms with Gasteiger partial charge in [0.2, 0.25) is 5.91 Å². The maximum absolute atomic E-state index is 12.2. The van der Waals surface area contributed by atoms with E-state index in [1.807, 2.05) is 27.7 Å². The largest absolute Gasteiger partial charge is 0.355 e. The van der Waals surface area contributed by atoms with Crippen LogP contribution in [-0.4, -0.2) is 18.0 Å². The van der Waals surface area contributed by atoms with Crippen LogP contribution in [0.5, 0.6) is 0 Å². The Morgan fingerprint density at radius 3 is 2.18 bits per heavy atom. The van der Waals surface area contributed by atoms with Crippen molar-refractivity contribution in [1.29, 1.82) is 0 Å². The highest BCUT2D eigenvalue weighted by atomic mass is 16.2. The molecule has 0 aromatic heterocycles. The van der Waals surface area contributed by atoms with E-state index >= 15 is 0 Å². The zero-order valence-electron chi connectivity index (χ0n) is 11.6. The van der Waals surface area contributed by atoms with Crippen molar-refractivity contribution >= 4 is 5.91 Å². The van der Waals surface area contributed by atoms with Gasteiger partial charge in [-0.3, -0.25) is 4.79 Å². The minimum absolute atomic E-state index is 0.0944. The first kappa shape index (κ1) is 12.9. The Morgan fingerprint density at radius 1 is 1.29 bits per heavy atom. The fourth-order valence-corrected chi connectivity index (χ4v) is 2.36. The van der Waals surface area contributed by atoms with Crippen molar-refractivity contribution < 1.29 is 4.79 Å². The highest BCUT2D eigenvalue weighted by Crippen LogP contribution is 2.60. The fraction of sp³-hybridized carbons (Fsp3) is 0.929. The molecule has 2 saturated carbocycles. The summed E-state index contributed by atoms with van der Waals surface area (Å²) in [6.45, 7) is 8.55. The lowest BCUT2D eigenvalue weighted by Gasteiger charge is -2.37. The van der Waals surface area contributed by atoms with Gasteiger partial charge in [-0.15, -0.1) is 0 Å². The summed E-state index contributed by atoms with van der Waals surface area (Å²) < 4.78 is 0. The first-order valence-corrected chi connectivity index (χ1v) is 6.76. The molecule has 0 atom stereocenters. The first-order chi connectivity index (χ1) is 7.69. The van der Waals surface area contributed by atoms with Gasteiger partial charge < -0.3 is 11.1 Å². The average molecular weight is 238 g/mol. The minimum atomic E-state index is -0.521. The summed E-state index contributed by atoms with van der Waals surface area (Å²) in [4.78, 5) is 12.2. The molecule has 0 saturated heterocycles. The Hall–Kier alpha value is -0.570. The second kappa shape index (κ2) is 3.71.